The predicted molar refractivity (Wildman–Crippen MR) is 100 cm³/mol. The van der Waals surface area contributed by atoms with Crippen LogP contribution in [-0.2, 0) is 32.0 Å². The van der Waals surface area contributed by atoms with Crippen LogP contribution in [0.2, 0.25) is 0 Å². The van der Waals surface area contributed by atoms with E-state index in [9.17, 15) is 14.4 Å². The Kier molecular flexibility index (Phi) is 4.90. The Balaban J connectivity index is 1.94. The standard InChI is InChI=1S/C17H19N5O3S/c1-4-7-21(9-12-6-5-8-26-12)13(23)10-22-11-18-15-14(22)16(24)20(3)17(25)19(15)2/h4-6,8,11H,1,7,9-10H2,2-3H3. The first-order valence-corrected chi connectivity index (χ1v) is 8.84. The Labute approximate surface area is 153 Å². The summed E-state index contributed by atoms with van der Waals surface area (Å²) >= 11 is 1.57. The molecule has 0 radical (unpaired) electrons. The normalized spacial score (nSPS) is 11.0. The van der Waals surface area contributed by atoms with E-state index in [0.29, 0.717) is 13.1 Å². The summed E-state index contributed by atoms with van der Waals surface area (Å²) in [5.74, 6) is -0.159. The molecule has 3 aromatic rings. The van der Waals surface area contributed by atoms with Gasteiger partial charge in [-0.1, -0.05) is 12.1 Å². The molecule has 0 unspecified atom stereocenters. The third-order valence-electron chi connectivity index (χ3n) is 4.15. The Morgan fingerprint density at radius 3 is 2.77 bits per heavy atom. The van der Waals surface area contributed by atoms with E-state index in [1.807, 2.05) is 17.5 Å². The van der Waals surface area contributed by atoms with E-state index in [2.05, 4.69) is 11.6 Å². The molecule has 136 valence electrons. The number of hydrogen-bond donors (Lipinski definition) is 0. The van der Waals surface area contributed by atoms with Gasteiger partial charge in [0.2, 0.25) is 5.91 Å². The highest BCUT2D eigenvalue weighted by Crippen LogP contribution is 2.13. The molecule has 0 fully saturated rings. The summed E-state index contributed by atoms with van der Waals surface area (Å²) in [6, 6.07) is 3.90. The zero-order valence-electron chi connectivity index (χ0n) is 14.6. The van der Waals surface area contributed by atoms with Crippen molar-refractivity contribution in [3.63, 3.8) is 0 Å². The van der Waals surface area contributed by atoms with Crippen LogP contribution in [0.25, 0.3) is 11.2 Å². The number of aromatic nitrogens is 4. The Bertz CT molecular complexity index is 1070. The topological polar surface area (TPSA) is 82.1 Å². The van der Waals surface area contributed by atoms with Gasteiger partial charge in [0.15, 0.2) is 11.2 Å². The molecule has 8 nitrogen and oxygen atoms in total. The number of carbonyl (C=O) groups is 1. The second kappa shape index (κ2) is 7.12. The zero-order valence-corrected chi connectivity index (χ0v) is 15.4. The number of nitrogens with zero attached hydrogens (tertiary/aromatic N) is 5. The maximum atomic E-state index is 12.8. The largest absolute Gasteiger partial charge is 0.332 e. The molecule has 9 heteroatoms. The summed E-state index contributed by atoms with van der Waals surface area (Å²) in [6.45, 7) is 4.55. The van der Waals surface area contributed by atoms with Crippen LogP contribution < -0.4 is 11.2 Å². The van der Waals surface area contributed by atoms with E-state index in [-0.39, 0.29) is 23.6 Å². The number of amides is 1. The van der Waals surface area contributed by atoms with Gasteiger partial charge in [-0.3, -0.25) is 18.7 Å². The Hall–Kier alpha value is -2.94. The summed E-state index contributed by atoms with van der Waals surface area (Å²) in [5.41, 5.74) is -0.427. The molecule has 0 saturated heterocycles. The maximum absolute atomic E-state index is 12.8. The second-order valence-electron chi connectivity index (χ2n) is 5.89. The molecule has 0 aliphatic rings. The number of hydrogen-bond acceptors (Lipinski definition) is 5. The molecule has 0 aliphatic heterocycles. The van der Waals surface area contributed by atoms with Gasteiger partial charge in [-0.15, -0.1) is 17.9 Å². The zero-order chi connectivity index (χ0) is 18.8. The number of fused-ring (bicyclic) bond motifs is 1. The molecule has 1 amide bonds. The van der Waals surface area contributed by atoms with Crippen LogP contribution in [0.5, 0.6) is 0 Å². The first-order chi connectivity index (χ1) is 12.4. The van der Waals surface area contributed by atoms with Crippen molar-refractivity contribution >= 4 is 28.4 Å². The molecule has 0 bridgehead atoms. The predicted octanol–water partition coefficient (Wildman–Crippen LogP) is 0.710. The van der Waals surface area contributed by atoms with Gasteiger partial charge >= 0.3 is 5.69 Å². The summed E-state index contributed by atoms with van der Waals surface area (Å²) in [6.07, 6.45) is 3.08. The molecule has 26 heavy (non-hydrogen) atoms. The van der Waals surface area contributed by atoms with Crippen molar-refractivity contribution in [1.29, 1.82) is 0 Å². The van der Waals surface area contributed by atoms with E-state index in [4.69, 9.17) is 0 Å². The van der Waals surface area contributed by atoms with Crippen LogP contribution in [0.15, 0.2) is 46.1 Å². The summed E-state index contributed by atoms with van der Waals surface area (Å²) in [5, 5.41) is 1.96. The fourth-order valence-corrected chi connectivity index (χ4v) is 3.48. The molecule has 0 saturated carbocycles. The average molecular weight is 373 g/mol. The highest BCUT2D eigenvalue weighted by molar-refractivity contribution is 7.09. The second-order valence-corrected chi connectivity index (χ2v) is 6.92. The van der Waals surface area contributed by atoms with Gasteiger partial charge in [0.25, 0.3) is 5.56 Å². The number of aryl methyl sites for hydroxylation is 1. The van der Waals surface area contributed by atoms with Crippen LogP contribution in [0.4, 0.5) is 0 Å². The van der Waals surface area contributed by atoms with Crippen LogP contribution in [0, 0.1) is 0 Å². The number of carbonyl (C=O) groups excluding carboxylic acids is 1. The molecule has 0 atom stereocenters. The third kappa shape index (κ3) is 3.13. The number of imidazole rings is 1. The van der Waals surface area contributed by atoms with Crippen LogP contribution in [0.3, 0.4) is 0 Å². The minimum Gasteiger partial charge on any atom is -0.332 e. The van der Waals surface area contributed by atoms with Crippen molar-refractivity contribution in [1.82, 2.24) is 23.6 Å². The third-order valence-corrected chi connectivity index (χ3v) is 5.01. The number of thiophene rings is 1. The molecule has 0 aliphatic carbocycles. The lowest BCUT2D eigenvalue weighted by Gasteiger charge is -2.20. The molecule has 3 rings (SSSR count). The molecule has 3 heterocycles. The van der Waals surface area contributed by atoms with Crippen molar-refractivity contribution < 1.29 is 4.79 Å². The van der Waals surface area contributed by atoms with Crippen molar-refractivity contribution in [3.05, 3.63) is 62.2 Å². The first-order valence-electron chi connectivity index (χ1n) is 7.96. The minimum atomic E-state index is -0.470. The van der Waals surface area contributed by atoms with Crippen molar-refractivity contribution in [2.75, 3.05) is 6.54 Å². The summed E-state index contributed by atoms with van der Waals surface area (Å²) in [4.78, 5) is 44.1. The van der Waals surface area contributed by atoms with E-state index >= 15 is 0 Å². The highest BCUT2D eigenvalue weighted by atomic mass is 32.1. The Morgan fingerprint density at radius 1 is 1.35 bits per heavy atom. The van der Waals surface area contributed by atoms with Crippen LogP contribution >= 0.6 is 11.3 Å². The van der Waals surface area contributed by atoms with Gasteiger partial charge in [-0.05, 0) is 11.4 Å². The SMILES string of the molecule is C=CCN(Cc1cccs1)C(=O)Cn1cnc2c1c(=O)n(C)c(=O)n2C. The minimum absolute atomic E-state index is 0.0385. The Morgan fingerprint density at radius 2 is 2.12 bits per heavy atom. The molecular weight excluding hydrogens is 354 g/mol. The summed E-state index contributed by atoms with van der Waals surface area (Å²) in [7, 11) is 2.95. The van der Waals surface area contributed by atoms with Gasteiger partial charge in [0.1, 0.15) is 6.54 Å². The lowest BCUT2D eigenvalue weighted by Crippen LogP contribution is -2.38. The fourth-order valence-electron chi connectivity index (χ4n) is 2.76. The number of rotatable bonds is 6. The van der Waals surface area contributed by atoms with Crippen molar-refractivity contribution in [2.24, 2.45) is 14.1 Å². The molecule has 0 aromatic carbocycles. The van der Waals surface area contributed by atoms with Gasteiger partial charge in [-0.25, -0.2) is 9.78 Å². The first kappa shape index (κ1) is 17.9. The highest BCUT2D eigenvalue weighted by Gasteiger charge is 2.19. The van der Waals surface area contributed by atoms with Gasteiger partial charge < -0.3 is 9.47 Å². The summed E-state index contributed by atoms with van der Waals surface area (Å²) < 4.78 is 3.80. The molecule has 3 aromatic heterocycles. The van der Waals surface area contributed by atoms with Gasteiger partial charge in [0, 0.05) is 25.5 Å². The fraction of sp³-hybridized carbons (Fsp3) is 0.294. The monoisotopic (exact) mass is 373 g/mol. The smallest absolute Gasteiger partial charge is 0.332 e. The quantitative estimate of drug-likeness (QED) is 0.596. The van der Waals surface area contributed by atoms with E-state index < -0.39 is 11.2 Å². The van der Waals surface area contributed by atoms with Crippen LogP contribution in [0.1, 0.15) is 4.88 Å². The van der Waals surface area contributed by atoms with Gasteiger partial charge in [0.05, 0.1) is 12.9 Å². The van der Waals surface area contributed by atoms with Gasteiger partial charge in [-0.2, -0.15) is 0 Å². The van der Waals surface area contributed by atoms with Crippen molar-refractivity contribution in [2.45, 2.75) is 13.1 Å². The molecule has 0 N–H and O–H groups in total. The van der Waals surface area contributed by atoms with E-state index in [1.165, 1.54) is 22.5 Å². The van der Waals surface area contributed by atoms with Crippen molar-refractivity contribution in [3.8, 4) is 0 Å². The lowest BCUT2D eigenvalue weighted by molar-refractivity contribution is -0.131. The molecule has 0 spiro atoms. The maximum Gasteiger partial charge on any atom is 0.332 e. The van der Waals surface area contributed by atoms with Crippen LogP contribution in [-0.4, -0.2) is 36.0 Å². The van der Waals surface area contributed by atoms with E-state index in [1.54, 1.807) is 29.4 Å². The average Bonchev–Trinajstić information content (AvgIpc) is 3.27. The lowest BCUT2D eigenvalue weighted by atomic mass is 10.3. The molecular formula is C17H19N5O3S. The van der Waals surface area contributed by atoms with E-state index in [0.717, 1.165) is 9.44 Å².